The molecule has 0 saturated carbocycles. The molecule has 1 heterocycles. The molecule has 0 saturated heterocycles. The normalized spacial score (nSPS) is 15.2. The predicted molar refractivity (Wildman–Crippen MR) is 94.6 cm³/mol. The average Bonchev–Trinajstić information content (AvgIpc) is 2.64. The van der Waals surface area contributed by atoms with E-state index in [0.717, 1.165) is 5.56 Å². The number of carbonyl (C=O) groups is 2. The van der Waals surface area contributed by atoms with Crippen molar-refractivity contribution in [2.24, 2.45) is 5.73 Å². The first-order valence-electron chi connectivity index (χ1n) is 8.21. The van der Waals surface area contributed by atoms with Crippen LogP contribution in [0.3, 0.4) is 0 Å². The van der Waals surface area contributed by atoms with Crippen molar-refractivity contribution in [3.63, 3.8) is 0 Å². The third-order valence-electron chi connectivity index (χ3n) is 3.86. The Morgan fingerprint density at radius 1 is 1.23 bits per heavy atom. The number of nitrogens with two attached hydrogens (primary N) is 1. The van der Waals surface area contributed by atoms with Gasteiger partial charge in [0.25, 0.3) is 11.8 Å². The number of primary amides is 1. The third-order valence-corrected chi connectivity index (χ3v) is 3.86. The van der Waals surface area contributed by atoms with E-state index in [2.05, 4.69) is 5.32 Å². The first-order chi connectivity index (χ1) is 12.5. The van der Waals surface area contributed by atoms with E-state index >= 15 is 0 Å². The number of nitrogens with one attached hydrogen (secondary N) is 1. The summed E-state index contributed by atoms with van der Waals surface area (Å²) >= 11 is 0. The lowest BCUT2D eigenvalue weighted by Crippen LogP contribution is -2.42. The highest BCUT2D eigenvalue weighted by Crippen LogP contribution is 2.30. The maximum absolute atomic E-state index is 12.0. The Morgan fingerprint density at radius 3 is 2.77 bits per heavy atom. The number of ether oxygens (including phenoxy) is 3. The van der Waals surface area contributed by atoms with Crippen molar-refractivity contribution in [2.75, 3.05) is 19.8 Å². The minimum Gasteiger partial charge on any atom is -0.486 e. The number of carbonyl (C=O) groups excluding carboxylic acids is 2. The number of hydrogen-bond donors (Lipinski definition) is 2. The summed E-state index contributed by atoms with van der Waals surface area (Å²) in [6.45, 7) is 2.26. The summed E-state index contributed by atoms with van der Waals surface area (Å²) in [6.07, 6.45) is -0.283. The Bertz CT molecular complexity index is 821. The first-order valence-corrected chi connectivity index (χ1v) is 8.21. The summed E-state index contributed by atoms with van der Waals surface area (Å²) in [4.78, 5) is 23.4. The maximum Gasteiger partial charge on any atom is 0.258 e. The van der Waals surface area contributed by atoms with Crippen molar-refractivity contribution in [2.45, 2.75) is 13.0 Å². The lowest BCUT2D eigenvalue weighted by Gasteiger charge is -2.26. The summed E-state index contributed by atoms with van der Waals surface area (Å²) in [5.74, 6) is 0.701. The van der Waals surface area contributed by atoms with Crippen LogP contribution in [-0.2, 0) is 4.79 Å². The molecule has 0 bridgehead atoms. The maximum atomic E-state index is 12.0. The van der Waals surface area contributed by atoms with Crippen LogP contribution in [0.5, 0.6) is 17.2 Å². The van der Waals surface area contributed by atoms with Crippen LogP contribution in [-0.4, -0.2) is 37.7 Å². The Labute approximate surface area is 151 Å². The fraction of sp³-hybridized carbons (Fsp3) is 0.263. The van der Waals surface area contributed by atoms with Gasteiger partial charge in [0, 0.05) is 0 Å². The Kier molecular flexibility index (Phi) is 5.26. The largest absolute Gasteiger partial charge is 0.486 e. The highest BCUT2D eigenvalue weighted by molar-refractivity contribution is 5.95. The highest BCUT2D eigenvalue weighted by Gasteiger charge is 2.21. The summed E-state index contributed by atoms with van der Waals surface area (Å²) in [7, 11) is 0. The van der Waals surface area contributed by atoms with Gasteiger partial charge in [0.15, 0.2) is 18.1 Å². The van der Waals surface area contributed by atoms with Crippen LogP contribution in [0.2, 0.25) is 0 Å². The predicted octanol–water partition coefficient (Wildman–Crippen LogP) is 1.43. The molecule has 1 aliphatic rings. The summed E-state index contributed by atoms with van der Waals surface area (Å²) in [5, 5.41) is 2.73. The molecule has 136 valence electrons. The smallest absolute Gasteiger partial charge is 0.258 e. The monoisotopic (exact) mass is 356 g/mol. The molecule has 2 aromatic carbocycles. The van der Waals surface area contributed by atoms with E-state index in [1.54, 1.807) is 18.2 Å². The number of aryl methyl sites for hydroxylation is 1. The van der Waals surface area contributed by atoms with E-state index in [1.807, 2.05) is 31.2 Å². The van der Waals surface area contributed by atoms with Gasteiger partial charge in [-0.2, -0.15) is 0 Å². The molecule has 0 aromatic heterocycles. The van der Waals surface area contributed by atoms with Gasteiger partial charge in [0.05, 0.1) is 12.1 Å². The van der Waals surface area contributed by atoms with Gasteiger partial charge >= 0.3 is 0 Å². The van der Waals surface area contributed by atoms with E-state index in [0.29, 0.717) is 23.9 Å². The third kappa shape index (κ3) is 4.24. The number of fused-ring (bicyclic) bond motifs is 1. The molecule has 26 heavy (non-hydrogen) atoms. The number of hydrogen-bond acceptors (Lipinski definition) is 5. The Hall–Kier alpha value is -3.22. The molecule has 0 spiro atoms. The van der Waals surface area contributed by atoms with E-state index in [9.17, 15) is 9.59 Å². The van der Waals surface area contributed by atoms with Crippen molar-refractivity contribution in [3.8, 4) is 17.2 Å². The van der Waals surface area contributed by atoms with Gasteiger partial charge in [0.2, 0.25) is 0 Å². The highest BCUT2D eigenvalue weighted by atomic mass is 16.6. The number of amides is 2. The van der Waals surface area contributed by atoms with E-state index in [4.69, 9.17) is 19.9 Å². The topological polar surface area (TPSA) is 99.9 Å². The molecule has 0 radical (unpaired) electrons. The number of para-hydroxylation sites is 2. The van der Waals surface area contributed by atoms with Gasteiger partial charge < -0.3 is 25.3 Å². The second-order valence-electron chi connectivity index (χ2n) is 5.95. The molecule has 1 aliphatic heterocycles. The summed E-state index contributed by atoms with van der Waals surface area (Å²) < 4.78 is 16.8. The Balaban J connectivity index is 1.50. The zero-order valence-electron chi connectivity index (χ0n) is 14.4. The van der Waals surface area contributed by atoms with Crippen LogP contribution >= 0.6 is 0 Å². The second-order valence-corrected chi connectivity index (χ2v) is 5.95. The van der Waals surface area contributed by atoms with Crippen LogP contribution in [0.25, 0.3) is 0 Å². The number of benzene rings is 2. The van der Waals surface area contributed by atoms with Crippen molar-refractivity contribution in [1.82, 2.24) is 5.32 Å². The van der Waals surface area contributed by atoms with Crippen LogP contribution in [0.4, 0.5) is 0 Å². The van der Waals surface area contributed by atoms with Crippen LogP contribution in [0.1, 0.15) is 15.9 Å². The minimum atomic E-state index is -0.605. The fourth-order valence-electron chi connectivity index (χ4n) is 2.54. The molecule has 2 aromatic rings. The first kappa shape index (κ1) is 17.6. The van der Waals surface area contributed by atoms with Gasteiger partial charge in [0.1, 0.15) is 18.5 Å². The summed E-state index contributed by atoms with van der Waals surface area (Å²) in [6, 6.07) is 12.4. The number of rotatable bonds is 6. The van der Waals surface area contributed by atoms with Crippen molar-refractivity contribution >= 4 is 11.8 Å². The van der Waals surface area contributed by atoms with E-state index in [1.165, 1.54) is 0 Å². The van der Waals surface area contributed by atoms with E-state index in [-0.39, 0.29) is 30.7 Å². The van der Waals surface area contributed by atoms with Crippen LogP contribution in [0.15, 0.2) is 42.5 Å². The molecular weight excluding hydrogens is 336 g/mol. The van der Waals surface area contributed by atoms with Crippen molar-refractivity contribution in [3.05, 3.63) is 53.6 Å². The molecular formula is C19H20N2O5. The van der Waals surface area contributed by atoms with Crippen LogP contribution < -0.4 is 25.3 Å². The van der Waals surface area contributed by atoms with Crippen molar-refractivity contribution < 1.29 is 23.8 Å². The molecule has 3 rings (SSSR count). The zero-order chi connectivity index (χ0) is 18.5. The van der Waals surface area contributed by atoms with Gasteiger partial charge in [-0.05, 0) is 36.8 Å². The molecule has 2 amide bonds. The van der Waals surface area contributed by atoms with Gasteiger partial charge in [-0.25, -0.2) is 0 Å². The minimum absolute atomic E-state index is 0.228. The molecule has 7 nitrogen and oxygen atoms in total. The SMILES string of the molecule is Cc1ccc(C(N)=O)c(OCC(=O)NC[C@H]2COc3ccccc3O2)c1. The average molecular weight is 356 g/mol. The Morgan fingerprint density at radius 2 is 2.00 bits per heavy atom. The van der Waals surface area contributed by atoms with Crippen molar-refractivity contribution in [1.29, 1.82) is 0 Å². The van der Waals surface area contributed by atoms with Gasteiger partial charge in [-0.15, -0.1) is 0 Å². The standard InChI is InChI=1S/C19H20N2O5/c1-12-6-7-14(19(20)23)17(8-12)25-11-18(22)21-9-13-10-24-15-4-2-3-5-16(15)26-13/h2-8,13H,9-11H2,1H3,(H2,20,23)(H,21,22)/t13-/m0/s1. The van der Waals surface area contributed by atoms with E-state index < -0.39 is 5.91 Å². The molecule has 3 N–H and O–H groups in total. The molecule has 0 fully saturated rings. The van der Waals surface area contributed by atoms with Gasteiger partial charge in [-0.1, -0.05) is 18.2 Å². The second kappa shape index (κ2) is 7.77. The quantitative estimate of drug-likeness (QED) is 0.816. The molecule has 7 heteroatoms. The lowest BCUT2D eigenvalue weighted by atomic mass is 10.1. The van der Waals surface area contributed by atoms with Crippen LogP contribution in [0, 0.1) is 6.92 Å². The fourth-order valence-corrected chi connectivity index (χ4v) is 2.54. The van der Waals surface area contributed by atoms with Gasteiger partial charge in [-0.3, -0.25) is 9.59 Å². The lowest BCUT2D eigenvalue weighted by molar-refractivity contribution is -0.123. The zero-order valence-corrected chi connectivity index (χ0v) is 14.4. The molecule has 0 unspecified atom stereocenters. The molecule has 1 atom stereocenters. The summed E-state index contributed by atoms with van der Waals surface area (Å²) in [5.41, 5.74) is 6.46. The molecule has 0 aliphatic carbocycles.